The molecule has 1 amide bonds. The van der Waals surface area contributed by atoms with Crippen LogP contribution in [0.15, 0.2) is 29.6 Å². The lowest BCUT2D eigenvalue weighted by atomic mass is 10.1. The van der Waals surface area contributed by atoms with E-state index in [2.05, 4.69) is 20.4 Å². The second kappa shape index (κ2) is 8.32. The van der Waals surface area contributed by atoms with E-state index >= 15 is 0 Å². The number of nitrogens with zero attached hydrogens (tertiary/aromatic N) is 1. The maximum atomic E-state index is 12.5. The normalized spacial score (nSPS) is 17.5. The van der Waals surface area contributed by atoms with E-state index in [0.717, 1.165) is 6.54 Å². The van der Waals surface area contributed by atoms with E-state index in [1.807, 2.05) is 0 Å². The maximum Gasteiger partial charge on any atom is 0.387 e. The first-order valence-electron chi connectivity index (χ1n) is 7.72. The minimum atomic E-state index is -2.91. The Morgan fingerprint density at radius 2 is 2.32 bits per heavy atom. The molecular formula is C16H17F2N3O3S. The first-order chi connectivity index (χ1) is 12.1. The lowest BCUT2D eigenvalue weighted by Gasteiger charge is -2.22. The molecule has 134 valence electrons. The van der Waals surface area contributed by atoms with Crippen molar-refractivity contribution in [3.05, 3.63) is 29.6 Å². The Morgan fingerprint density at radius 1 is 1.48 bits per heavy atom. The zero-order chi connectivity index (χ0) is 17.6. The van der Waals surface area contributed by atoms with Gasteiger partial charge in [0.25, 0.3) is 0 Å². The van der Waals surface area contributed by atoms with Gasteiger partial charge in [-0.1, -0.05) is 12.1 Å². The highest BCUT2D eigenvalue weighted by molar-refractivity contribution is 7.14. The molecule has 9 heteroatoms. The number of alkyl halides is 2. The molecule has 2 N–H and O–H groups in total. The predicted molar refractivity (Wildman–Crippen MR) is 90.0 cm³/mol. The van der Waals surface area contributed by atoms with Crippen molar-refractivity contribution in [1.82, 2.24) is 10.3 Å². The average Bonchev–Trinajstić information content (AvgIpc) is 3.04. The van der Waals surface area contributed by atoms with Crippen LogP contribution in [0.4, 0.5) is 13.9 Å². The molecule has 0 aliphatic carbocycles. The van der Waals surface area contributed by atoms with Gasteiger partial charge in [0, 0.05) is 30.0 Å². The van der Waals surface area contributed by atoms with Crippen molar-refractivity contribution in [2.45, 2.75) is 19.1 Å². The second-order valence-electron chi connectivity index (χ2n) is 5.39. The van der Waals surface area contributed by atoms with Gasteiger partial charge >= 0.3 is 6.61 Å². The van der Waals surface area contributed by atoms with Gasteiger partial charge in [-0.2, -0.15) is 8.78 Å². The van der Waals surface area contributed by atoms with Gasteiger partial charge in [-0.05, 0) is 12.1 Å². The van der Waals surface area contributed by atoms with Crippen molar-refractivity contribution in [2.75, 3.05) is 25.1 Å². The summed E-state index contributed by atoms with van der Waals surface area (Å²) in [4.78, 5) is 16.4. The van der Waals surface area contributed by atoms with Crippen LogP contribution in [0.25, 0.3) is 11.3 Å². The van der Waals surface area contributed by atoms with E-state index in [1.54, 1.807) is 23.6 Å². The molecule has 1 aromatic carbocycles. The zero-order valence-corrected chi connectivity index (χ0v) is 14.0. The molecule has 6 nitrogen and oxygen atoms in total. The zero-order valence-electron chi connectivity index (χ0n) is 13.2. The van der Waals surface area contributed by atoms with E-state index < -0.39 is 6.61 Å². The highest BCUT2D eigenvalue weighted by atomic mass is 32.1. The third-order valence-electron chi connectivity index (χ3n) is 3.56. The van der Waals surface area contributed by atoms with E-state index in [-0.39, 0.29) is 24.1 Å². The number of carbonyl (C=O) groups excluding carboxylic acids is 1. The monoisotopic (exact) mass is 369 g/mol. The molecule has 1 aliphatic heterocycles. The Bertz CT molecular complexity index is 720. The number of morpholine rings is 1. The highest BCUT2D eigenvalue weighted by Gasteiger charge is 2.18. The Balaban J connectivity index is 1.65. The van der Waals surface area contributed by atoms with Crippen molar-refractivity contribution in [2.24, 2.45) is 0 Å². The summed E-state index contributed by atoms with van der Waals surface area (Å²) in [5.74, 6) is -0.134. The smallest absolute Gasteiger partial charge is 0.387 e. The number of carbonyl (C=O) groups is 1. The number of anilines is 1. The molecule has 1 atom stereocenters. The summed E-state index contributed by atoms with van der Waals surface area (Å²) in [7, 11) is 0. The van der Waals surface area contributed by atoms with Crippen molar-refractivity contribution in [1.29, 1.82) is 0 Å². The molecule has 0 spiro atoms. The van der Waals surface area contributed by atoms with Gasteiger partial charge in [0.05, 0.1) is 18.9 Å². The van der Waals surface area contributed by atoms with Gasteiger partial charge < -0.3 is 20.1 Å². The number of ether oxygens (including phenoxy) is 2. The fourth-order valence-corrected chi connectivity index (χ4v) is 3.20. The molecular weight excluding hydrogens is 352 g/mol. The number of hydrogen-bond acceptors (Lipinski definition) is 6. The third-order valence-corrected chi connectivity index (χ3v) is 4.32. The van der Waals surface area contributed by atoms with Crippen molar-refractivity contribution in [3.8, 4) is 17.0 Å². The van der Waals surface area contributed by atoms with Crippen LogP contribution in [0, 0.1) is 0 Å². The van der Waals surface area contributed by atoms with E-state index in [4.69, 9.17) is 4.74 Å². The first-order valence-corrected chi connectivity index (χ1v) is 8.60. The van der Waals surface area contributed by atoms with Crippen molar-refractivity contribution in [3.63, 3.8) is 0 Å². The molecule has 1 fully saturated rings. The molecule has 0 bridgehead atoms. The van der Waals surface area contributed by atoms with Crippen molar-refractivity contribution < 1.29 is 23.0 Å². The molecule has 25 heavy (non-hydrogen) atoms. The summed E-state index contributed by atoms with van der Waals surface area (Å²) < 4.78 is 34.8. The number of aromatic nitrogens is 1. The van der Waals surface area contributed by atoms with Crippen LogP contribution in [0.3, 0.4) is 0 Å². The van der Waals surface area contributed by atoms with Crippen molar-refractivity contribution >= 4 is 22.4 Å². The van der Waals surface area contributed by atoms with E-state index in [9.17, 15) is 13.6 Å². The lowest BCUT2D eigenvalue weighted by Crippen LogP contribution is -2.43. The number of benzene rings is 1. The molecule has 3 rings (SSSR count). The molecule has 0 saturated carbocycles. The van der Waals surface area contributed by atoms with Gasteiger partial charge in [0.15, 0.2) is 5.13 Å². The van der Waals surface area contributed by atoms with Gasteiger partial charge in [0.2, 0.25) is 5.91 Å². The summed E-state index contributed by atoms with van der Waals surface area (Å²) in [5, 5.41) is 8.02. The summed E-state index contributed by atoms with van der Waals surface area (Å²) in [5.41, 5.74) is 0.914. The van der Waals surface area contributed by atoms with Crippen LogP contribution in [-0.4, -0.2) is 43.3 Å². The molecule has 0 radical (unpaired) electrons. The average molecular weight is 369 g/mol. The molecule has 1 saturated heterocycles. The molecule has 2 heterocycles. The van der Waals surface area contributed by atoms with E-state index in [1.165, 1.54) is 17.4 Å². The van der Waals surface area contributed by atoms with E-state index in [0.29, 0.717) is 29.6 Å². The number of halogens is 2. The fraction of sp³-hybridized carbons (Fsp3) is 0.375. The summed E-state index contributed by atoms with van der Waals surface area (Å²) in [6.45, 7) is -1.05. The molecule has 1 aromatic heterocycles. The Kier molecular flexibility index (Phi) is 5.90. The number of rotatable bonds is 6. The quantitative estimate of drug-likeness (QED) is 0.819. The Hall–Kier alpha value is -2.10. The maximum absolute atomic E-state index is 12.5. The van der Waals surface area contributed by atoms with Gasteiger partial charge in [-0.15, -0.1) is 11.3 Å². The van der Waals surface area contributed by atoms with Crippen LogP contribution in [-0.2, 0) is 9.53 Å². The lowest BCUT2D eigenvalue weighted by molar-refractivity contribution is -0.117. The van der Waals surface area contributed by atoms with Crippen LogP contribution < -0.4 is 15.4 Å². The number of nitrogens with one attached hydrogen (secondary N) is 2. The third kappa shape index (κ3) is 4.94. The summed E-state index contributed by atoms with van der Waals surface area (Å²) in [6, 6.07) is 6.39. The standard InChI is InChI=1S/C16H17F2N3O3S/c17-15(18)24-13-4-2-1-3-11(13)12-9-25-16(20-12)21-14(22)7-10-8-23-6-5-19-10/h1-4,9-10,15,19H,5-8H2,(H,20,21,22). The second-order valence-corrected chi connectivity index (χ2v) is 6.25. The van der Waals surface area contributed by atoms with Gasteiger partial charge in [-0.3, -0.25) is 4.79 Å². The summed E-state index contributed by atoms with van der Waals surface area (Å²) in [6.07, 6.45) is 0.278. The van der Waals surface area contributed by atoms with Crippen LogP contribution >= 0.6 is 11.3 Å². The predicted octanol–water partition coefficient (Wildman–Crippen LogP) is 2.73. The SMILES string of the molecule is O=C(CC1COCCN1)Nc1nc(-c2ccccc2OC(F)F)cs1. The van der Waals surface area contributed by atoms with Crippen LogP contribution in [0.5, 0.6) is 5.75 Å². The molecule has 1 aliphatic rings. The first kappa shape index (κ1) is 17.7. The minimum absolute atomic E-state index is 0.0200. The molecule has 2 aromatic rings. The fourth-order valence-electron chi connectivity index (χ4n) is 2.48. The van der Waals surface area contributed by atoms with Gasteiger partial charge in [0.1, 0.15) is 5.75 Å². The number of amides is 1. The molecule has 1 unspecified atom stereocenters. The number of hydrogen-bond donors (Lipinski definition) is 2. The number of para-hydroxylation sites is 1. The minimum Gasteiger partial charge on any atom is -0.434 e. The Morgan fingerprint density at radius 3 is 3.08 bits per heavy atom. The Labute approximate surface area is 147 Å². The summed E-state index contributed by atoms with van der Waals surface area (Å²) >= 11 is 1.22. The highest BCUT2D eigenvalue weighted by Crippen LogP contribution is 2.33. The number of thiazole rings is 1. The van der Waals surface area contributed by atoms with Crippen LogP contribution in [0.1, 0.15) is 6.42 Å². The van der Waals surface area contributed by atoms with Gasteiger partial charge in [-0.25, -0.2) is 4.98 Å². The topological polar surface area (TPSA) is 72.5 Å². The van der Waals surface area contributed by atoms with Crippen LogP contribution in [0.2, 0.25) is 0 Å². The largest absolute Gasteiger partial charge is 0.434 e.